The Balaban J connectivity index is 1.65. The lowest BCUT2D eigenvalue weighted by Crippen LogP contribution is -2.40. The number of rotatable bonds is 3. The van der Waals surface area contributed by atoms with Crippen LogP contribution in [0.5, 0.6) is 0 Å². The highest BCUT2D eigenvalue weighted by atomic mass is 16.3. The van der Waals surface area contributed by atoms with Crippen LogP contribution < -0.4 is 5.32 Å². The zero-order chi connectivity index (χ0) is 9.54. The van der Waals surface area contributed by atoms with Crippen LogP contribution in [0.2, 0.25) is 0 Å². The number of aliphatic hydroxyl groups excluding tert-OH is 1. The fourth-order valence-electron chi connectivity index (χ4n) is 4.55. The van der Waals surface area contributed by atoms with E-state index in [0.717, 1.165) is 36.3 Å². The van der Waals surface area contributed by atoms with E-state index < -0.39 is 0 Å². The van der Waals surface area contributed by atoms with Gasteiger partial charge in [0.1, 0.15) is 0 Å². The monoisotopic (exact) mass is 195 g/mol. The first kappa shape index (κ1) is 9.17. The van der Waals surface area contributed by atoms with Crippen molar-refractivity contribution < 1.29 is 5.11 Å². The van der Waals surface area contributed by atoms with Crippen molar-refractivity contribution in [3.05, 3.63) is 0 Å². The molecule has 2 N–H and O–H groups in total. The Bertz CT molecular complexity index is 218. The van der Waals surface area contributed by atoms with E-state index in [2.05, 4.69) is 5.32 Å². The Kier molecular flexibility index (Phi) is 2.29. The highest BCUT2D eigenvalue weighted by molar-refractivity contribution is 5.05. The summed E-state index contributed by atoms with van der Waals surface area (Å²) in [6.07, 6.45) is 7.36. The minimum Gasteiger partial charge on any atom is -0.395 e. The Morgan fingerprint density at radius 1 is 1.07 bits per heavy atom. The molecule has 0 unspecified atom stereocenters. The van der Waals surface area contributed by atoms with Gasteiger partial charge in [-0.1, -0.05) is 6.42 Å². The number of fused-ring (bicyclic) bond motifs is 5. The molecule has 2 bridgehead atoms. The zero-order valence-electron chi connectivity index (χ0n) is 8.78. The second-order valence-electron chi connectivity index (χ2n) is 5.44. The number of aliphatic hydroxyl groups is 1. The van der Waals surface area contributed by atoms with Gasteiger partial charge in [0.25, 0.3) is 0 Å². The summed E-state index contributed by atoms with van der Waals surface area (Å²) in [6, 6.07) is 0.742. The first-order chi connectivity index (χ1) is 6.90. The second kappa shape index (κ2) is 3.49. The average molecular weight is 195 g/mol. The molecule has 0 saturated heterocycles. The van der Waals surface area contributed by atoms with Gasteiger partial charge in [-0.25, -0.2) is 0 Å². The van der Waals surface area contributed by atoms with Gasteiger partial charge in [0.05, 0.1) is 6.61 Å². The predicted molar refractivity (Wildman–Crippen MR) is 55.9 cm³/mol. The van der Waals surface area contributed by atoms with Gasteiger partial charge in [-0.2, -0.15) is 0 Å². The van der Waals surface area contributed by atoms with Crippen LogP contribution in [0.3, 0.4) is 0 Å². The third-order valence-corrected chi connectivity index (χ3v) is 4.95. The van der Waals surface area contributed by atoms with Crippen LogP contribution in [0.25, 0.3) is 0 Å². The van der Waals surface area contributed by atoms with Crippen LogP contribution in [0.4, 0.5) is 0 Å². The molecule has 0 aliphatic heterocycles. The molecule has 0 aromatic carbocycles. The van der Waals surface area contributed by atoms with Gasteiger partial charge in [0.2, 0.25) is 0 Å². The van der Waals surface area contributed by atoms with E-state index in [4.69, 9.17) is 5.11 Å². The summed E-state index contributed by atoms with van der Waals surface area (Å²) in [7, 11) is 0. The third kappa shape index (κ3) is 1.24. The van der Waals surface area contributed by atoms with Crippen LogP contribution in [0.15, 0.2) is 0 Å². The molecule has 0 aromatic rings. The molecule has 80 valence electrons. The number of nitrogens with one attached hydrogen (secondary N) is 1. The van der Waals surface area contributed by atoms with Crippen molar-refractivity contribution in [1.82, 2.24) is 5.32 Å². The summed E-state index contributed by atoms with van der Waals surface area (Å²) < 4.78 is 0. The number of hydrogen-bond acceptors (Lipinski definition) is 2. The van der Waals surface area contributed by atoms with Gasteiger partial charge in [-0.3, -0.25) is 0 Å². The summed E-state index contributed by atoms with van der Waals surface area (Å²) in [5.41, 5.74) is 0. The SMILES string of the molecule is OCCN[C@H]1C[C@H]2C[C@H]1[C@H]1CCC[C@H]21. The highest BCUT2D eigenvalue weighted by Crippen LogP contribution is 2.58. The quantitative estimate of drug-likeness (QED) is 0.713. The van der Waals surface area contributed by atoms with Crippen molar-refractivity contribution in [2.24, 2.45) is 23.7 Å². The smallest absolute Gasteiger partial charge is 0.0556 e. The maximum absolute atomic E-state index is 8.82. The normalized spacial score (nSPS) is 49.9. The van der Waals surface area contributed by atoms with E-state index in [-0.39, 0.29) is 0 Å². The Labute approximate surface area is 86.1 Å². The maximum atomic E-state index is 8.82. The molecule has 3 aliphatic rings. The van der Waals surface area contributed by atoms with Crippen molar-refractivity contribution in [2.75, 3.05) is 13.2 Å². The molecule has 0 amide bonds. The minimum absolute atomic E-state index is 0.294. The standard InChI is InChI=1S/C12H21NO/c14-5-4-13-12-7-8-6-11(12)10-3-1-2-9(8)10/h8-14H,1-7H2/t8-,9-,10+,11+,12+/m1/s1. The minimum atomic E-state index is 0.294. The van der Waals surface area contributed by atoms with Crippen LogP contribution in [-0.4, -0.2) is 24.3 Å². The van der Waals surface area contributed by atoms with Crippen LogP contribution in [0.1, 0.15) is 32.1 Å². The first-order valence-electron chi connectivity index (χ1n) is 6.24. The largest absolute Gasteiger partial charge is 0.395 e. The molecule has 0 spiro atoms. The van der Waals surface area contributed by atoms with Gasteiger partial charge in [0.15, 0.2) is 0 Å². The van der Waals surface area contributed by atoms with Crippen molar-refractivity contribution >= 4 is 0 Å². The fourth-order valence-corrected chi connectivity index (χ4v) is 4.55. The molecule has 5 atom stereocenters. The molecule has 14 heavy (non-hydrogen) atoms. The maximum Gasteiger partial charge on any atom is 0.0556 e. The molecule has 3 aliphatic carbocycles. The Hall–Kier alpha value is -0.0800. The summed E-state index contributed by atoms with van der Waals surface area (Å²) in [5, 5.41) is 12.3. The van der Waals surface area contributed by atoms with Crippen LogP contribution in [0, 0.1) is 23.7 Å². The predicted octanol–water partition coefficient (Wildman–Crippen LogP) is 1.39. The Morgan fingerprint density at radius 3 is 2.79 bits per heavy atom. The van der Waals surface area contributed by atoms with Gasteiger partial charge in [-0.05, 0) is 49.4 Å². The molecule has 3 saturated carbocycles. The van der Waals surface area contributed by atoms with E-state index >= 15 is 0 Å². The van der Waals surface area contributed by atoms with Gasteiger partial charge >= 0.3 is 0 Å². The lowest BCUT2D eigenvalue weighted by atomic mass is 9.79. The molecule has 0 heterocycles. The van der Waals surface area contributed by atoms with E-state index in [9.17, 15) is 0 Å². The highest BCUT2D eigenvalue weighted by Gasteiger charge is 2.53. The average Bonchev–Trinajstić information content (AvgIpc) is 2.85. The van der Waals surface area contributed by atoms with Gasteiger partial charge < -0.3 is 10.4 Å². The fraction of sp³-hybridized carbons (Fsp3) is 1.00. The first-order valence-corrected chi connectivity index (χ1v) is 6.24. The topological polar surface area (TPSA) is 32.3 Å². The van der Waals surface area contributed by atoms with E-state index in [1.54, 1.807) is 0 Å². The number of hydrogen-bond donors (Lipinski definition) is 2. The second-order valence-corrected chi connectivity index (χ2v) is 5.44. The summed E-state index contributed by atoms with van der Waals surface area (Å²) in [6.45, 7) is 1.09. The van der Waals surface area contributed by atoms with Gasteiger partial charge in [0, 0.05) is 12.6 Å². The van der Waals surface area contributed by atoms with Crippen molar-refractivity contribution in [1.29, 1.82) is 0 Å². The Morgan fingerprint density at radius 2 is 1.93 bits per heavy atom. The van der Waals surface area contributed by atoms with Crippen molar-refractivity contribution in [3.63, 3.8) is 0 Å². The lowest BCUT2D eigenvalue weighted by molar-refractivity contribution is 0.197. The molecule has 0 radical (unpaired) electrons. The molecular formula is C12H21NO. The van der Waals surface area contributed by atoms with E-state index in [1.165, 1.54) is 32.1 Å². The van der Waals surface area contributed by atoms with Crippen LogP contribution in [-0.2, 0) is 0 Å². The van der Waals surface area contributed by atoms with Gasteiger partial charge in [-0.15, -0.1) is 0 Å². The van der Waals surface area contributed by atoms with E-state index in [0.29, 0.717) is 6.61 Å². The molecule has 3 fully saturated rings. The molecular weight excluding hydrogens is 174 g/mol. The summed E-state index contributed by atoms with van der Waals surface area (Å²) in [5.74, 6) is 4.12. The summed E-state index contributed by atoms with van der Waals surface area (Å²) in [4.78, 5) is 0. The van der Waals surface area contributed by atoms with E-state index in [1.807, 2.05) is 0 Å². The molecule has 2 heteroatoms. The van der Waals surface area contributed by atoms with Crippen molar-refractivity contribution in [3.8, 4) is 0 Å². The van der Waals surface area contributed by atoms with Crippen molar-refractivity contribution in [2.45, 2.75) is 38.1 Å². The lowest BCUT2D eigenvalue weighted by Gasteiger charge is -2.32. The third-order valence-electron chi connectivity index (χ3n) is 4.95. The molecule has 3 rings (SSSR count). The molecule has 0 aromatic heterocycles. The van der Waals surface area contributed by atoms with Crippen LogP contribution >= 0.6 is 0 Å². The molecule has 2 nitrogen and oxygen atoms in total. The zero-order valence-corrected chi connectivity index (χ0v) is 8.78. The summed E-state index contributed by atoms with van der Waals surface area (Å²) >= 11 is 0.